The van der Waals surface area contributed by atoms with Gasteiger partial charge in [-0.2, -0.15) is 0 Å². The van der Waals surface area contributed by atoms with Gasteiger partial charge in [0.25, 0.3) is 0 Å². The molecule has 0 aliphatic heterocycles. The number of pyridine rings is 1. The number of guanidine groups is 1. The van der Waals surface area contributed by atoms with E-state index in [2.05, 4.69) is 25.6 Å². The lowest BCUT2D eigenvalue weighted by Crippen LogP contribution is -2.39. The molecule has 0 aliphatic rings. The molecule has 2 heterocycles. The maximum absolute atomic E-state index is 12.0. The average Bonchev–Trinajstić information content (AvgIpc) is 3.08. The van der Waals surface area contributed by atoms with Gasteiger partial charge in [-0.15, -0.1) is 35.3 Å². The van der Waals surface area contributed by atoms with E-state index in [0.717, 1.165) is 5.01 Å². The number of nitrogens with one attached hydrogen (secondary N) is 2. The Morgan fingerprint density at radius 1 is 1.40 bits per heavy atom. The molecule has 1 unspecified atom stereocenters. The SMILES string of the molecule is CCNC(=NCCOc1ncccc1Cl)NC(C)c1nc(C)c(C(=O)OCC)s1.I. The highest BCUT2D eigenvalue weighted by Gasteiger charge is 2.20. The molecule has 0 amide bonds. The van der Waals surface area contributed by atoms with Crippen molar-refractivity contribution in [3.63, 3.8) is 0 Å². The van der Waals surface area contributed by atoms with Crippen LogP contribution in [0.3, 0.4) is 0 Å². The molecule has 0 fully saturated rings. The Bertz CT molecular complexity index is 849. The molecule has 0 aliphatic carbocycles. The molecule has 11 heteroatoms. The van der Waals surface area contributed by atoms with Gasteiger partial charge in [0.15, 0.2) is 5.96 Å². The number of ether oxygens (including phenoxy) is 2. The van der Waals surface area contributed by atoms with Crippen LogP contribution in [0, 0.1) is 6.92 Å². The lowest BCUT2D eigenvalue weighted by molar-refractivity contribution is 0.0531. The molecule has 0 spiro atoms. The molecule has 1 atom stereocenters. The minimum Gasteiger partial charge on any atom is -0.475 e. The van der Waals surface area contributed by atoms with Crippen molar-refractivity contribution in [2.24, 2.45) is 4.99 Å². The van der Waals surface area contributed by atoms with Crippen molar-refractivity contribution in [3.8, 4) is 5.88 Å². The third kappa shape index (κ3) is 7.88. The minimum atomic E-state index is -0.341. The second kappa shape index (κ2) is 13.6. The Morgan fingerprint density at radius 2 is 2.17 bits per heavy atom. The molecule has 2 rings (SSSR count). The zero-order chi connectivity index (χ0) is 21.2. The van der Waals surface area contributed by atoms with Gasteiger partial charge in [0.05, 0.1) is 24.9 Å². The predicted octanol–water partition coefficient (Wildman–Crippen LogP) is 3.99. The van der Waals surface area contributed by atoms with Gasteiger partial charge in [-0.1, -0.05) is 11.6 Å². The standard InChI is InChI=1S/C19H26ClN5O3S.HI/c1-5-21-19(23-10-11-28-16-14(20)8-7-9-22-16)25-13(4)17-24-12(3)15(29-17)18(26)27-6-2;/h7-9,13H,5-6,10-11H2,1-4H3,(H2,21,23,25);1H. The number of hydrogen-bond donors (Lipinski definition) is 2. The Labute approximate surface area is 202 Å². The number of aryl methyl sites for hydroxylation is 1. The first-order chi connectivity index (χ1) is 14.0. The number of carbonyl (C=O) groups is 1. The fourth-order valence-corrected chi connectivity index (χ4v) is 3.49. The van der Waals surface area contributed by atoms with Crippen LogP contribution in [-0.4, -0.2) is 48.2 Å². The summed E-state index contributed by atoms with van der Waals surface area (Å²) in [6, 6.07) is 3.34. The highest BCUT2D eigenvalue weighted by molar-refractivity contribution is 14.0. The molecular weight excluding hydrogens is 541 g/mol. The van der Waals surface area contributed by atoms with Crippen LogP contribution in [-0.2, 0) is 4.74 Å². The maximum Gasteiger partial charge on any atom is 0.350 e. The number of esters is 1. The lowest BCUT2D eigenvalue weighted by atomic mass is 10.3. The third-order valence-electron chi connectivity index (χ3n) is 3.67. The summed E-state index contributed by atoms with van der Waals surface area (Å²) in [6.07, 6.45) is 1.62. The van der Waals surface area contributed by atoms with E-state index in [9.17, 15) is 4.79 Å². The highest BCUT2D eigenvalue weighted by atomic mass is 127. The number of nitrogens with zero attached hydrogens (tertiary/aromatic N) is 3. The van der Waals surface area contributed by atoms with Crippen LogP contribution in [0.2, 0.25) is 5.02 Å². The molecule has 0 bridgehead atoms. The number of halogens is 2. The van der Waals surface area contributed by atoms with E-state index in [4.69, 9.17) is 21.1 Å². The quantitative estimate of drug-likeness (QED) is 0.155. The molecule has 2 N–H and O–H groups in total. The Morgan fingerprint density at radius 3 is 2.83 bits per heavy atom. The first kappa shape index (κ1) is 26.4. The van der Waals surface area contributed by atoms with Crippen LogP contribution >= 0.6 is 46.9 Å². The summed E-state index contributed by atoms with van der Waals surface area (Å²) < 4.78 is 10.6. The number of thiazole rings is 1. The lowest BCUT2D eigenvalue weighted by Gasteiger charge is -2.16. The zero-order valence-corrected chi connectivity index (χ0v) is 21.3. The van der Waals surface area contributed by atoms with Crippen molar-refractivity contribution in [3.05, 3.63) is 38.9 Å². The van der Waals surface area contributed by atoms with Crippen molar-refractivity contribution in [2.75, 3.05) is 26.3 Å². The van der Waals surface area contributed by atoms with Gasteiger partial charge < -0.3 is 20.1 Å². The van der Waals surface area contributed by atoms with Gasteiger partial charge in [0.2, 0.25) is 5.88 Å². The summed E-state index contributed by atoms with van der Waals surface area (Å²) in [5, 5.41) is 7.73. The number of aromatic nitrogens is 2. The third-order valence-corrected chi connectivity index (χ3v) is 5.27. The van der Waals surface area contributed by atoms with Crippen molar-refractivity contribution < 1.29 is 14.3 Å². The van der Waals surface area contributed by atoms with Gasteiger partial charge in [-0.3, -0.25) is 0 Å². The average molecular weight is 568 g/mol. The normalized spacial score (nSPS) is 12.0. The van der Waals surface area contributed by atoms with E-state index < -0.39 is 0 Å². The van der Waals surface area contributed by atoms with E-state index in [1.807, 2.05) is 13.8 Å². The molecule has 30 heavy (non-hydrogen) atoms. The van der Waals surface area contributed by atoms with Crippen molar-refractivity contribution in [1.29, 1.82) is 0 Å². The van der Waals surface area contributed by atoms with Crippen LogP contribution in [0.1, 0.15) is 47.2 Å². The summed E-state index contributed by atoms with van der Waals surface area (Å²) >= 11 is 7.35. The molecule has 0 saturated heterocycles. The fraction of sp³-hybridized carbons (Fsp3) is 0.474. The molecule has 166 valence electrons. The van der Waals surface area contributed by atoms with Gasteiger partial charge in [-0.25, -0.2) is 19.8 Å². The van der Waals surface area contributed by atoms with E-state index >= 15 is 0 Å². The Hall–Kier alpha value is -1.66. The van der Waals surface area contributed by atoms with Crippen molar-refractivity contribution in [1.82, 2.24) is 20.6 Å². The molecule has 2 aromatic heterocycles. The summed E-state index contributed by atoms with van der Waals surface area (Å²) in [5.41, 5.74) is 0.666. The number of hydrogen-bond acceptors (Lipinski definition) is 7. The van der Waals surface area contributed by atoms with Crippen LogP contribution in [0.25, 0.3) is 0 Å². The van der Waals surface area contributed by atoms with E-state index in [-0.39, 0.29) is 36.0 Å². The zero-order valence-electron chi connectivity index (χ0n) is 17.4. The van der Waals surface area contributed by atoms with E-state index in [1.54, 1.807) is 32.2 Å². The molecule has 8 nitrogen and oxygen atoms in total. The van der Waals surface area contributed by atoms with Gasteiger partial charge in [0, 0.05) is 12.7 Å². The molecule has 0 aromatic carbocycles. The second-order valence-corrected chi connectivity index (χ2v) is 7.39. The van der Waals surface area contributed by atoms with Crippen molar-refractivity contribution in [2.45, 2.75) is 33.7 Å². The number of carbonyl (C=O) groups excluding carboxylic acids is 1. The topological polar surface area (TPSA) is 97.7 Å². The largest absolute Gasteiger partial charge is 0.475 e. The summed E-state index contributed by atoms with van der Waals surface area (Å²) in [7, 11) is 0. The first-order valence-corrected chi connectivity index (χ1v) is 10.6. The number of aliphatic imine (C=N–C) groups is 1. The van der Waals surface area contributed by atoms with Crippen LogP contribution in [0.4, 0.5) is 0 Å². The van der Waals surface area contributed by atoms with E-state index in [1.165, 1.54) is 11.3 Å². The Kier molecular flexibility index (Phi) is 12.0. The van der Waals surface area contributed by atoms with Crippen LogP contribution in [0.5, 0.6) is 5.88 Å². The summed E-state index contributed by atoms with van der Waals surface area (Å²) in [5.74, 6) is 0.675. The van der Waals surface area contributed by atoms with Crippen molar-refractivity contribution >= 4 is 58.8 Å². The first-order valence-electron chi connectivity index (χ1n) is 9.38. The van der Waals surface area contributed by atoms with Crippen LogP contribution < -0.4 is 15.4 Å². The smallest absolute Gasteiger partial charge is 0.350 e. The highest BCUT2D eigenvalue weighted by Crippen LogP contribution is 2.24. The van der Waals surface area contributed by atoms with Crippen LogP contribution in [0.15, 0.2) is 23.3 Å². The predicted molar refractivity (Wildman–Crippen MR) is 130 cm³/mol. The molecule has 2 aromatic rings. The summed E-state index contributed by atoms with van der Waals surface area (Å²) in [4.78, 5) is 25.6. The minimum absolute atomic E-state index is 0. The second-order valence-electron chi connectivity index (χ2n) is 5.95. The maximum atomic E-state index is 12.0. The molecule has 0 saturated carbocycles. The van der Waals surface area contributed by atoms with E-state index in [0.29, 0.717) is 53.7 Å². The molecular formula is C19H27ClIN5O3S. The monoisotopic (exact) mass is 567 g/mol. The van der Waals surface area contributed by atoms with Gasteiger partial charge >= 0.3 is 5.97 Å². The van der Waals surface area contributed by atoms with Gasteiger partial charge in [0.1, 0.15) is 21.5 Å². The molecule has 0 radical (unpaired) electrons. The number of rotatable bonds is 9. The Balaban J connectivity index is 0.00000450. The summed E-state index contributed by atoms with van der Waals surface area (Å²) in [6.45, 7) is 9.33. The van der Waals surface area contributed by atoms with Gasteiger partial charge in [-0.05, 0) is 39.8 Å². The fourth-order valence-electron chi connectivity index (χ4n) is 2.35.